The van der Waals surface area contributed by atoms with Gasteiger partial charge in [0.2, 0.25) is 0 Å². The molecule has 0 spiro atoms. The van der Waals surface area contributed by atoms with Crippen LogP contribution in [-0.4, -0.2) is 12.1 Å². The molecular weight excluding hydrogens is 248 g/mol. The van der Waals surface area contributed by atoms with E-state index >= 15 is 0 Å². The fourth-order valence-electron chi connectivity index (χ4n) is 2.54. The lowest BCUT2D eigenvalue weighted by atomic mass is 9.94. The van der Waals surface area contributed by atoms with Crippen molar-refractivity contribution in [3.63, 3.8) is 0 Å². The van der Waals surface area contributed by atoms with Gasteiger partial charge in [0.05, 0.1) is 5.92 Å². The van der Waals surface area contributed by atoms with E-state index in [0.717, 1.165) is 38.4 Å². The Morgan fingerprint density at radius 3 is 1.85 bits per heavy atom. The van der Waals surface area contributed by atoms with E-state index in [-0.39, 0.29) is 11.7 Å². The molecular formula is C18H34O2. The van der Waals surface area contributed by atoms with Crippen LogP contribution in [0.25, 0.3) is 0 Å². The first-order chi connectivity index (χ1) is 9.76. The van der Waals surface area contributed by atoms with Crippen molar-refractivity contribution < 1.29 is 9.59 Å². The molecule has 0 heterocycles. The molecule has 0 aliphatic heterocycles. The predicted molar refractivity (Wildman–Crippen MR) is 85.9 cm³/mol. The van der Waals surface area contributed by atoms with Crippen LogP contribution in [0.1, 0.15) is 97.3 Å². The lowest BCUT2D eigenvalue weighted by Gasteiger charge is -2.09. The molecule has 0 rings (SSSR count). The maximum absolute atomic E-state index is 11.9. The molecule has 0 fully saturated rings. The molecule has 1 unspecified atom stereocenters. The minimum Gasteiger partial charge on any atom is -0.303 e. The Labute approximate surface area is 125 Å². The highest BCUT2D eigenvalue weighted by Gasteiger charge is 2.16. The zero-order valence-corrected chi connectivity index (χ0v) is 13.7. The summed E-state index contributed by atoms with van der Waals surface area (Å²) in [5, 5.41) is 0. The number of rotatable bonds is 15. The summed E-state index contributed by atoms with van der Waals surface area (Å²) in [6.45, 7) is 4.40. The van der Waals surface area contributed by atoms with Crippen molar-refractivity contribution in [3.05, 3.63) is 0 Å². The molecule has 0 aromatic heterocycles. The number of hydrogen-bond donors (Lipinski definition) is 0. The average molecular weight is 282 g/mol. The van der Waals surface area contributed by atoms with Crippen molar-refractivity contribution in [1.29, 1.82) is 0 Å². The van der Waals surface area contributed by atoms with Crippen molar-refractivity contribution in [2.45, 2.75) is 97.3 Å². The Morgan fingerprint density at radius 2 is 1.30 bits per heavy atom. The second-order valence-electron chi connectivity index (χ2n) is 5.93. The number of hydrogen-bond acceptors (Lipinski definition) is 2. The Morgan fingerprint density at radius 1 is 0.800 bits per heavy atom. The number of unbranched alkanes of at least 4 members (excludes halogenated alkanes) is 9. The molecule has 0 amide bonds. The van der Waals surface area contributed by atoms with Crippen molar-refractivity contribution in [1.82, 2.24) is 0 Å². The molecule has 0 saturated carbocycles. The van der Waals surface area contributed by atoms with Crippen LogP contribution in [-0.2, 0) is 9.59 Å². The van der Waals surface area contributed by atoms with Gasteiger partial charge in [-0.25, -0.2) is 0 Å². The van der Waals surface area contributed by atoms with Crippen LogP contribution < -0.4 is 0 Å². The molecule has 118 valence electrons. The Hall–Kier alpha value is -0.660. The Balaban J connectivity index is 3.61. The van der Waals surface area contributed by atoms with Crippen molar-refractivity contribution in [3.8, 4) is 0 Å². The van der Waals surface area contributed by atoms with Gasteiger partial charge in [-0.3, -0.25) is 4.79 Å². The lowest BCUT2D eigenvalue weighted by Crippen LogP contribution is -2.15. The fourth-order valence-corrected chi connectivity index (χ4v) is 2.54. The zero-order valence-electron chi connectivity index (χ0n) is 13.7. The highest BCUT2D eigenvalue weighted by atomic mass is 16.1. The van der Waals surface area contributed by atoms with E-state index in [9.17, 15) is 9.59 Å². The second kappa shape index (κ2) is 14.7. The molecule has 0 aromatic carbocycles. The van der Waals surface area contributed by atoms with Gasteiger partial charge in [0.15, 0.2) is 0 Å². The summed E-state index contributed by atoms with van der Waals surface area (Å²) in [5.41, 5.74) is 0. The van der Waals surface area contributed by atoms with Gasteiger partial charge < -0.3 is 4.79 Å². The van der Waals surface area contributed by atoms with Gasteiger partial charge in [-0.2, -0.15) is 0 Å². The summed E-state index contributed by atoms with van der Waals surface area (Å²) in [4.78, 5) is 23.0. The molecule has 0 bridgehead atoms. The highest BCUT2D eigenvalue weighted by Crippen LogP contribution is 2.15. The summed E-state index contributed by atoms with van der Waals surface area (Å²) < 4.78 is 0. The van der Waals surface area contributed by atoms with Crippen LogP contribution in [0.15, 0.2) is 0 Å². The maximum Gasteiger partial charge on any atom is 0.143 e. The van der Waals surface area contributed by atoms with E-state index in [1.54, 1.807) is 0 Å². The number of Topliss-reactive ketones (excluding diaryl/α,β-unsaturated/α-hetero) is 1. The highest BCUT2D eigenvalue weighted by molar-refractivity contribution is 5.93. The molecule has 2 heteroatoms. The first kappa shape index (κ1) is 19.3. The van der Waals surface area contributed by atoms with E-state index < -0.39 is 0 Å². The molecule has 0 radical (unpaired) electrons. The summed E-state index contributed by atoms with van der Waals surface area (Å²) in [7, 11) is 0. The van der Waals surface area contributed by atoms with Gasteiger partial charge in [-0.1, -0.05) is 78.1 Å². The van der Waals surface area contributed by atoms with E-state index in [1.165, 1.54) is 44.9 Å². The molecule has 0 aromatic rings. The smallest absolute Gasteiger partial charge is 0.143 e. The SMILES string of the molecule is CCCCCCCCC(C=O)C(=O)CCCCCCC. The fraction of sp³-hybridized carbons (Fsp3) is 0.889. The minimum atomic E-state index is -0.327. The average Bonchev–Trinajstić information content (AvgIpc) is 2.46. The van der Waals surface area contributed by atoms with Crippen molar-refractivity contribution >= 4 is 12.1 Å². The molecule has 1 atom stereocenters. The zero-order chi connectivity index (χ0) is 15.1. The summed E-state index contributed by atoms with van der Waals surface area (Å²) in [6.07, 6.45) is 15.3. The van der Waals surface area contributed by atoms with E-state index in [0.29, 0.717) is 6.42 Å². The quantitative estimate of drug-likeness (QED) is 0.226. The third-order valence-electron chi connectivity index (χ3n) is 3.97. The Kier molecular flexibility index (Phi) is 14.3. The van der Waals surface area contributed by atoms with E-state index in [2.05, 4.69) is 13.8 Å². The van der Waals surface area contributed by atoms with Gasteiger partial charge in [0, 0.05) is 6.42 Å². The molecule has 20 heavy (non-hydrogen) atoms. The summed E-state index contributed by atoms with van der Waals surface area (Å²) in [5.74, 6) is -0.155. The van der Waals surface area contributed by atoms with Crippen LogP contribution in [0.4, 0.5) is 0 Å². The van der Waals surface area contributed by atoms with Crippen molar-refractivity contribution in [2.24, 2.45) is 5.92 Å². The number of carbonyl (C=O) groups is 2. The van der Waals surface area contributed by atoms with E-state index in [1.807, 2.05) is 0 Å². The van der Waals surface area contributed by atoms with Gasteiger partial charge >= 0.3 is 0 Å². The third kappa shape index (κ3) is 11.2. The van der Waals surface area contributed by atoms with Crippen LogP contribution in [0.2, 0.25) is 0 Å². The Bertz CT molecular complexity index is 236. The molecule has 0 aliphatic rings. The number of aldehydes is 1. The topological polar surface area (TPSA) is 34.1 Å². The first-order valence-corrected chi connectivity index (χ1v) is 8.74. The van der Waals surface area contributed by atoms with Gasteiger partial charge in [0.25, 0.3) is 0 Å². The maximum atomic E-state index is 11.9. The largest absolute Gasteiger partial charge is 0.303 e. The van der Waals surface area contributed by atoms with Crippen LogP contribution >= 0.6 is 0 Å². The molecule has 2 nitrogen and oxygen atoms in total. The standard InChI is InChI=1S/C18H34O2/c1-3-5-7-9-11-12-14-17(16-19)18(20)15-13-10-8-6-4-2/h16-17H,3-15H2,1-2H3. The van der Waals surface area contributed by atoms with Gasteiger partial charge in [-0.15, -0.1) is 0 Å². The molecule has 0 aliphatic carbocycles. The van der Waals surface area contributed by atoms with Gasteiger partial charge in [0.1, 0.15) is 12.1 Å². The van der Waals surface area contributed by atoms with Crippen molar-refractivity contribution in [2.75, 3.05) is 0 Å². The number of carbonyl (C=O) groups excluding carboxylic acids is 2. The van der Waals surface area contributed by atoms with Crippen LogP contribution in [0.5, 0.6) is 0 Å². The minimum absolute atomic E-state index is 0.171. The predicted octanol–water partition coefficient (Wildman–Crippen LogP) is 5.48. The molecule has 0 N–H and O–H groups in total. The number of ketones is 1. The second-order valence-corrected chi connectivity index (χ2v) is 5.93. The van der Waals surface area contributed by atoms with Crippen LogP contribution in [0, 0.1) is 5.92 Å². The molecule has 0 saturated heterocycles. The monoisotopic (exact) mass is 282 g/mol. The van der Waals surface area contributed by atoms with Gasteiger partial charge in [-0.05, 0) is 12.8 Å². The van der Waals surface area contributed by atoms with Crippen LogP contribution in [0.3, 0.4) is 0 Å². The first-order valence-electron chi connectivity index (χ1n) is 8.74. The van der Waals surface area contributed by atoms with E-state index in [4.69, 9.17) is 0 Å². The summed E-state index contributed by atoms with van der Waals surface area (Å²) >= 11 is 0. The summed E-state index contributed by atoms with van der Waals surface area (Å²) in [6, 6.07) is 0. The normalized spacial score (nSPS) is 12.3. The third-order valence-corrected chi connectivity index (χ3v) is 3.97. The lowest BCUT2D eigenvalue weighted by molar-refractivity contribution is -0.127.